The van der Waals surface area contributed by atoms with Gasteiger partial charge in [-0.3, -0.25) is 0 Å². The molecular weight excluding hydrogens is 324 g/mol. The predicted octanol–water partition coefficient (Wildman–Crippen LogP) is 4.20. The average molecular weight is 361 g/mol. The molecule has 0 radical (unpaired) electrons. The first kappa shape index (κ1) is 30.6. The van der Waals surface area contributed by atoms with Crippen molar-refractivity contribution in [3.8, 4) is 0 Å². The van der Waals surface area contributed by atoms with Crippen molar-refractivity contribution < 1.29 is 37.0 Å². The van der Waals surface area contributed by atoms with Crippen LogP contribution >= 0.6 is 0 Å². The van der Waals surface area contributed by atoms with Gasteiger partial charge in [0.2, 0.25) is 0 Å². The summed E-state index contributed by atoms with van der Waals surface area (Å²) in [5, 5.41) is 24.2. The van der Waals surface area contributed by atoms with Gasteiger partial charge in [0.1, 0.15) is 0 Å². The number of aliphatic hydroxyl groups excluding tert-OH is 3. The van der Waals surface area contributed by atoms with Crippen LogP contribution in [0.25, 0.3) is 0 Å². The minimum atomic E-state index is 0. The predicted molar refractivity (Wildman–Crippen MR) is 96.9 cm³/mol. The topological polar surface area (TPSA) is 60.7 Å². The van der Waals surface area contributed by atoms with E-state index >= 15 is 0 Å². The molecule has 3 nitrogen and oxygen atoms in total. The molecule has 0 aliphatic rings. The summed E-state index contributed by atoms with van der Waals surface area (Å²) in [5.74, 6) is 0. The Kier molecular flexibility index (Phi) is 44.3. The molecule has 23 heavy (non-hydrogen) atoms. The molecule has 1 rings (SSSR count). The molecule has 0 heterocycles. The monoisotopic (exact) mass is 361 g/mol. The van der Waals surface area contributed by atoms with Gasteiger partial charge in [0, 0.05) is 41.5 Å². The third-order valence-corrected chi connectivity index (χ3v) is 2.38. The summed E-state index contributed by atoms with van der Waals surface area (Å²) < 4.78 is 0. The van der Waals surface area contributed by atoms with E-state index in [0.717, 1.165) is 44.1 Å². The Hall–Kier alpha value is -0.316. The van der Waals surface area contributed by atoms with Crippen LogP contribution in [0.5, 0.6) is 0 Å². The molecule has 0 saturated heterocycles. The van der Waals surface area contributed by atoms with E-state index in [4.69, 9.17) is 15.3 Å². The van der Waals surface area contributed by atoms with Crippen LogP contribution in [0, 0.1) is 6.92 Å². The van der Waals surface area contributed by atoms with Crippen molar-refractivity contribution in [2.75, 3.05) is 19.8 Å². The molecule has 4 heteroatoms. The molecule has 0 aromatic heterocycles. The molecule has 0 amide bonds. The molecule has 0 saturated carbocycles. The van der Waals surface area contributed by atoms with Gasteiger partial charge in [-0.25, -0.2) is 0 Å². The van der Waals surface area contributed by atoms with Crippen molar-refractivity contribution in [2.45, 2.75) is 59.3 Å². The Morgan fingerprint density at radius 3 is 1.09 bits per heavy atom. The molecule has 136 valence electrons. The molecule has 0 fully saturated rings. The maximum absolute atomic E-state index is 8.07. The van der Waals surface area contributed by atoms with Crippen LogP contribution in [-0.4, -0.2) is 35.1 Å². The molecule has 0 aliphatic carbocycles. The van der Waals surface area contributed by atoms with Gasteiger partial charge < -0.3 is 15.3 Å². The standard InChI is InChI=1S/C7H7.3C4H10O.Ti/c1-7-5-3-2-4-6-7;3*1-2-3-4-5;/h2-6H,1H2;3*5H,2-4H2,1H3;/q-1;;;;. The second-order valence-electron chi connectivity index (χ2n) is 4.72. The van der Waals surface area contributed by atoms with Gasteiger partial charge in [0.05, 0.1) is 0 Å². The summed E-state index contributed by atoms with van der Waals surface area (Å²) in [6.07, 6.45) is 6.11. The van der Waals surface area contributed by atoms with Crippen LogP contribution in [0.3, 0.4) is 0 Å². The molecule has 0 bridgehead atoms. The first-order valence-electron chi connectivity index (χ1n) is 8.33. The number of benzene rings is 1. The van der Waals surface area contributed by atoms with Gasteiger partial charge in [0.25, 0.3) is 0 Å². The summed E-state index contributed by atoms with van der Waals surface area (Å²) in [7, 11) is 0. The fraction of sp³-hybridized carbons (Fsp3) is 0.632. The number of hydrogen-bond donors (Lipinski definition) is 3. The zero-order valence-electron chi connectivity index (χ0n) is 15.3. The van der Waals surface area contributed by atoms with Crippen molar-refractivity contribution in [1.29, 1.82) is 0 Å². The van der Waals surface area contributed by atoms with Gasteiger partial charge in [-0.2, -0.15) is 24.6 Å². The number of rotatable bonds is 6. The largest absolute Gasteiger partial charge is 0.396 e. The van der Waals surface area contributed by atoms with Gasteiger partial charge in [0.15, 0.2) is 0 Å². The average Bonchev–Trinajstić information content (AvgIpc) is 2.52. The molecule has 1 aromatic carbocycles. The fourth-order valence-corrected chi connectivity index (χ4v) is 0.952. The fourth-order valence-electron chi connectivity index (χ4n) is 0.952. The third kappa shape index (κ3) is 44.9. The molecular formula is C19H37O3Ti-. The van der Waals surface area contributed by atoms with Crippen LogP contribution < -0.4 is 0 Å². The first-order chi connectivity index (χ1) is 10.6. The van der Waals surface area contributed by atoms with E-state index in [1.54, 1.807) is 0 Å². The van der Waals surface area contributed by atoms with Crippen molar-refractivity contribution in [3.63, 3.8) is 0 Å². The molecule has 0 atom stereocenters. The number of hydrogen-bond acceptors (Lipinski definition) is 3. The zero-order chi connectivity index (χ0) is 17.5. The van der Waals surface area contributed by atoms with Gasteiger partial charge in [-0.05, 0) is 19.3 Å². The summed E-state index contributed by atoms with van der Waals surface area (Å²) in [5.41, 5.74) is 1.07. The second-order valence-corrected chi connectivity index (χ2v) is 4.72. The summed E-state index contributed by atoms with van der Waals surface area (Å²) in [6.45, 7) is 10.9. The summed E-state index contributed by atoms with van der Waals surface area (Å²) in [4.78, 5) is 0. The molecule has 1 aromatic rings. The van der Waals surface area contributed by atoms with Crippen LogP contribution in [-0.2, 0) is 21.7 Å². The van der Waals surface area contributed by atoms with Crippen molar-refractivity contribution >= 4 is 0 Å². The summed E-state index contributed by atoms with van der Waals surface area (Å²) >= 11 is 0. The van der Waals surface area contributed by atoms with Crippen molar-refractivity contribution in [1.82, 2.24) is 0 Å². The van der Waals surface area contributed by atoms with Gasteiger partial charge >= 0.3 is 0 Å². The van der Waals surface area contributed by atoms with Gasteiger partial charge in [-0.15, -0.1) is 12.1 Å². The Morgan fingerprint density at radius 1 is 0.696 bits per heavy atom. The Labute approximate surface area is 159 Å². The quantitative estimate of drug-likeness (QED) is 0.526. The van der Waals surface area contributed by atoms with Crippen LogP contribution in [0.15, 0.2) is 30.3 Å². The number of unbranched alkanes of at least 4 members (excludes halogenated alkanes) is 3. The second kappa shape index (κ2) is 33.3. The SMILES string of the molecule is CCCCO.CCCCO.CCCCO.[CH2-]c1ccccc1.[Ti]. The van der Waals surface area contributed by atoms with Crippen LogP contribution in [0.1, 0.15) is 64.9 Å². The van der Waals surface area contributed by atoms with E-state index in [1.165, 1.54) is 0 Å². The normalized spacial score (nSPS) is 8.09. The van der Waals surface area contributed by atoms with E-state index in [0.29, 0.717) is 19.8 Å². The Bertz CT molecular complexity index is 236. The van der Waals surface area contributed by atoms with Crippen molar-refractivity contribution in [2.24, 2.45) is 0 Å². The maximum atomic E-state index is 8.07. The van der Waals surface area contributed by atoms with E-state index in [2.05, 4.69) is 27.7 Å². The van der Waals surface area contributed by atoms with E-state index in [-0.39, 0.29) is 21.7 Å². The van der Waals surface area contributed by atoms with Gasteiger partial charge in [-0.1, -0.05) is 46.1 Å². The van der Waals surface area contributed by atoms with Crippen LogP contribution in [0.4, 0.5) is 0 Å². The third-order valence-electron chi connectivity index (χ3n) is 2.38. The Morgan fingerprint density at radius 2 is 1.00 bits per heavy atom. The Balaban J connectivity index is -0.000000105. The van der Waals surface area contributed by atoms with E-state index in [1.807, 2.05) is 30.3 Å². The number of aliphatic hydroxyl groups is 3. The molecule has 0 unspecified atom stereocenters. The smallest absolute Gasteiger partial charge is 0.0430 e. The maximum Gasteiger partial charge on any atom is 0.0430 e. The van der Waals surface area contributed by atoms with E-state index in [9.17, 15) is 0 Å². The zero-order valence-corrected chi connectivity index (χ0v) is 16.9. The molecule has 0 aliphatic heterocycles. The van der Waals surface area contributed by atoms with Crippen molar-refractivity contribution in [3.05, 3.63) is 42.8 Å². The summed E-state index contributed by atoms with van der Waals surface area (Å²) in [6, 6.07) is 9.87. The minimum Gasteiger partial charge on any atom is -0.396 e. The molecule has 3 N–H and O–H groups in total. The molecule has 0 spiro atoms. The van der Waals surface area contributed by atoms with Crippen LogP contribution in [0.2, 0.25) is 0 Å². The van der Waals surface area contributed by atoms with E-state index < -0.39 is 0 Å². The first-order valence-corrected chi connectivity index (χ1v) is 8.33. The minimum absolute atomic E-state index is 0.